The van der Waals surface area contributed by atoms with Crippen molar-refractivity contribution in [3.8, 4) is 0 Å². The molecule has 3 aromatic rings. The highest BCUT2D eigenvalue weighted by Gasteiger charge is 2.19. The molecule has 8 heteroatoms. The van der Waals surface area contributed by atoms with E-state index in [0.29, 0.717) is 5.92 Å². The van der Waals surface area contributed by atoms with E-state index in [1.54, 1.807) is 30.5 Å². The quantitative estimate of drug-likeness (QED) is 0.372. The van der Waals surface area contributed by atoms with Crippen LogP contribution in [0.2, 0.25) is 5.02 Å². The van der Waals surface area contributed by atoms with Crippen LogP contribution in [-0.4, -0.2) is 37.7 Å². The molecule has 172 valence electrons. The number of methoxy groups -OCH3 is 1. The molecule has 1 saturated carbocycles. The van der Waals surface area contributed by atoms with E-state index < -0.39 is 15.8 Å². The average molecular weight is 485 g/mol. The van der Waals surface area contributed by atoms with Crippen LogP contribution >= 0.6 is 11.6 Å². The average Bonchev–Trinajstić information content (AvgIpc) is 3.43. The van der Waals surface area contributed by atoms with Crippen LogP contribution in [-0.2, 0) is 19.4 Å². The molecule has 1 fully saturated rings. The number of rotatable bonds is 6. The highest BCUT2D eigenvalue weighted by molar-refractivity contribution is 7.90. The molecule has 0 bridgehead atoms. The van der Waals surface area contributed by atoms with Gasteiger partial charge in [0, 0.05) is 35.2 Å². The summed E-state index contributed by atoms with van der Waals surface area (Å²) in [6.45, 7) is 0. The first-order valence-electron chi connectivity index (χ1n) is 10.7. The number of sulfone groups is 1. The second-order valence-electron chi connectivity index (χ2n) is 8.29. The lowest BCUT2D eigenvalue weighted by molar-refractivity contribution is -0.134. The molecule has 6 nitrogen and oxygen atoms in total. The first-order valence-corrected chi connectivity index (χ1v) is 13.0. The van der Waals surface area contributed by atoms with Crippen LogP contribution in [0.1, 0.15) is 42.5 Å². The molecule has 0 radical (unpaired) electrons. The number of nitrogens with zero attached hydrogens (tertiary/aromatic N) is 1. The minimum atomic E-state index is -3.41. The summed E-state index contributed by atoms with van der Waals surface area (Å²) in [7, 11) is -2.08. The van der Waals surface area contributed by atoms with Gasteiger partial charge in [0.25, 0.3) is 0 Å². The maximum atomic E-state index is 12.0. The zero-order valence-electron chi connectivity index (χ0n) is 18.5. The van der Waals surface area contributed by atoms with Gasteiger partial charge in [-0.15, -0.1) is 0 Å². The van der Waals surface area contributed by atoms with E-state index in [-0.39, 0.29) is 9.92 Å². The molecule has 0 amide bonds. The van der Waals surface area contributed by atoms with Crippen molar-refractivity contribution in [3.05, 3.63) is 70.5 Å². The Morgan fingerprint density at radius 2 is 1.97 bits per heavy atom. The molecule has 2 heterocycles. The van der Waals surface area contributed by atoms with Crippen molar-refractivity contribution >= 4 is 50.1 Å². The summed E-state index contributed by atoms with van der Waals surface area (Å²) in [5.74, 6) is 0.0207. The number of benzene rings is 1. The Morgan fingerprint density at radius 3 is 2.64 bits per heavy atom. The van der Waals surface area contributed by atoms with Crippen molar-refractivity contribution < 1.29 is 17.9 Å². The fraction of sp³-hybridized carbons (Fsp3) is 0.280. The number of carbonyl (C=O) groups is 1. The topological polar surface area (TPSA) is 89.1 Å². The third kappa shape index (κ3) is 5.37. The Labute approximate surface area is 198 Å². The van der Waals surface area contributed by atoms with E-state index in [4.69, 9.17) is 11.6 Å². The van der Waals surface area contributed by atoms with Gasteiger partial charge in [-0.3, -0.25) is 0 Å². The fourth-order valence-electron chi connectivity index (χ4n) is 4.17. The smallest absolute Gasteiger partial charge is 0.330 e. The Morgan fingerprint density at radius 1 is 1.21 bits per heavy atom. The van der Waals surface area contributed by atoms with Gasteiger partial charge in [0.2, 0.25) is 0 Å². The lowest BCUT2D eigenvalue weighted by Gasteiger charge is -2.12. The molecular weight excluding hydrogens is 460 g/mol. The van der Waals surface area contributed by atoms with Gasteiger partial charge in [-0.25, -0.2) is 18.2 Å². The molecule has 0 atom stereocenters. The number of aromatic amines is 1. The van der Waals surface area contributed by atoms with Crippen molar-refractivity contribution in [1.29, 1.82) is 0 Å². The number of H-pyrrole nitrogens is 1. The minimum Gasteiger partial charge on any atom is -0.466 e. The zero-order chi connectivity index (χ0) is 23.6. The molecule has 1 aliphatic carbocycles. The van der Waals surface area contributed by atoms with Crippen molar-refractivity contribution in [2.24, 2.45) is 5.92 Å². The molecule has 0 spiro atoms. The van der Waals surface area contributed by atoms with Gasteiger partial charge in [-0.2, -0.15) is 0 Å². The Hall–Kier alpha value is -2.90. The lowest BCUT2D eigenvalue weighted by Crippen LogP contribution is -2.00. The highest BCUT2D eigenvalue weighted by Crippen LogP contribution is 2.35. The van der Waals surface area contributed by atoms with Gasteiger partial charge in [0.1, 0.15) is 5.65 Å². The predicted molar refractivity (Wildman–Crippen MR) is 131 cm³/mol. The number of allylic oxidation sites excluding steroid dienone is 1. The van der Waals surface area contributed by atoms with Gasteiger partial charge in [0.15, 0.2) is 9.84 Å². The molecule has 0 aliphatic heterocycles. The monoisotopic (exact) mass is 484 g/mol. The van der Waals surface area contributed by atoms with E-state index in [1.807, 2.05) is 12.1 Å². The first kappa shape index (κ1) is 23.3. The van der Waals surface area contributed by atoms with Gasteiger partial charge in [-0.05, 0) is 60.2 Å². The summed E-state index contributed by atoms with van der Waals surface area (Å²) in [6, 6.07) is 9.02. The Balaban J connectivity index is 1.77. The molecule has 4 rings (SSSR count). The van der Waals surface area contributed by atoms with Crippen LogP contribution in [0.5, 0.6) is 0 Å². The number of fused-ring (bicyclic) bond motifs is 1. The Bertz CT molecular complexity index is 1370. The summed E-state index contributed by atoms with van der Waals surface area (Å²) in [5.41, 5.74) is 4.18. The van der Waals surface area contributed by atoms with Crippen LogP contribution in [0.4, 0.5) is 0 Å². The number of carbonyl (C=O) groups excluding carboxylic acids is 1. The fourth-order valence-corrected chi connectivity index (χ4v) is 5.50. The number of halogens is 1. The number of esters is 1. The maximum Gasteiger partial charge on any atom is 0.330 e. The van der Waals surface area contributed by atoms with Crippen molar-refractivity contribution in [2.45, 2.75) is 30.6 Å². The molecular formula is C25H25ClN2O4S. The lowest BCUT2D eigenvalue weighted by atomic mass is 9.96. The van der Waals surface area contributed by atoms with Gasteiger partial charge in [-0.1, -0.05) is 36.6 Å². The van der Waals surface area contributed by atoms with Crippen LogP contribution in [0.25, 0.3) is 22.7 Å². The molecule has 1 aliphatic rings. The molecule has 0 saturated heterocycles. The third-order valence-electron chi connectivity index (χ3n) is 5.84. The largest absolute Gasteiger partial charge is 0.466 e. The summed E-state index contributed by atoms with van der Waals surface area (Å²) in [4.78, 5) is 19.4. The molecule has 0 unspecified atom stereocenters. The third-order valence-corrected chi connectivity index (χ3v) is 7.42. The molecule has 33 heavy (non-hydrogen) atoms. The van der Waals surface area contributed by atoms with Crippen LogP contribution < -0.4 is 0 Å². The number of ether oxygens (including phenoxy) is 1. The van der Waals surface area contributed by atoms with E-state index in [0.717, 1.165) is 52.5 Å². The van der Waals surface area contributed by atoms with Gasteiger partial charge in [0.05, 0.1) is 17.0 Å². The normalized spacial score (nSPS) is 15.5. The van der Waals surface area contributed by atoms with E-state index in [9.17, 15) is 13.2 Å². The Kier molecular flexibility index (Phi) is 6.72. The number of aromatic nitrogens is 2. The van der Waals surface area contributed by atoms with Crippen LogP contribution in [0.3, 0.4) is 0 Å². The zero-order valence-corrected chi connectivity index (χ0v) is 20.0. The second-order valence-corrected chi connectivity index (χ2v) is 10.7. The van der Waals surface area contributed by atoms with Crippen LogP contribution in [0, 0.1) is 5.92 Å². The van der Waals surface area contributed by atoms with Gasteiger partial charge < -0.3 is 9.72 Å². The SMILES string of the molecule is COC(=O)/C=C/c1cnc2[nH]c(/C(=C\C3CCCC3)c3ccc(S(C)(=O)=O)c(Cl)c3)cc2c1. The number of hydrogen-bond donors (Lipinski definition) is 1. The van der Waals surface area contributed by atoms with Crippen LogP contribution in [0.15, 0.2) is 53.6 Å². The summed E-state index contributed by atoms with van der Waals surface area (Å²) in [6.07, 6.45) is 12.7. The van der Waals surface area contributed by atoms with Gasteiger partial charge >= 0.3 is 5.97 Å². The minimum absolute atomic E-state index is 0.119. The van der Waals surface area contributed by atoms with Crippen molar-refractivity contribution in [3.63, 3.8) is 0 Å². The van der Waals surface area contributed by atoms with E-state index in [2.05, 4.69) is 20.8 Å². The van der Waals surface area contributed by atoms with Crippen molar-refractivity contribution in [2.75, 3.05) is 13.4 Å². The second kappa shape index (κ2) is 9.53. The summed E-state index contributed by atoms with van der Waals surface area (Å²) < 4.78 is 28.6. The maximum absolute atomic E-state index is 12.0. The first-order chi connectivity index (χ1) is 15.7. The highest BCUT2D eigenvalue weighted by atomic mass is 35.5. The standard InChI is InChI=1S/C25H25ClN2O4S/c1-32-24(29)10-7-17-11-19-14-22(28-25(19)27-15-17)20(12-16-5-3-4-6-16)18-8-9-23(21(26)13-18)33(2,30)31/h7-16H,3-6H2,1-2H3,(H,27,28)/b10-7+,20-12-. The van der Waals surface area contributed by atoms with E-state index in [1.165, 1.54) is 26.0 Å². The number of hydrogen-bond acceptors (Lipinski definition) is 5. The molecule has 2 aromatic heterocycles. The van der Waals surface area contributed by atoms with Crippen molar-refractivity contribution in [1.82, 2.24) is 9.97 Å². The summed E-state index contributed by atoms with van der Waals surface area (Å²) in [5, 5.41) is 1.10. The summed E-state index contributed by atoms with van der Waals surface area (Å²) >= 11 is 6.36. The number of pyridine rings is 1. The van der Waals surface area contributed by atoms with E-state index >= 15 is 0 Å². The molecule has 1 N–H and O–H groups in total. The predicted octanol–water partition coefficient (Wildman–Crippen LogP) is 5.43. The molecule has 1 aromatic carbocycles. The number of nitrogens with one attached hydrogen (secondary N) is 1.